The number of amides is 1. The molecule has 2 fully saturated rings. The van der Waals surface area contributed by atoms with E-state index in [0.717, 1.165) is 31.2 Å². The molecular formula is C24H24F3N3O4S. The van der Waals surface area contributed by atoms with Crippen LogP contribution in [0, 0.1) is 17.2 Å². The summed E-state index contributed by atoms with van der Waals surface area (Å²) in [6.07, 6.45) is -1.37. The quantitative estimate of drug-likeness (QED) is 0.592. The zero-order chi connectivity index (χ0) is 25.4. The van der Waals surface area contributed by atoms with Crippen molar-refractivity contribution in [3.63, 3.8) is 0 Å². The maximum atomic E-state index is 13.3. The average Bonchev–Trinajstić information content (AvgIpc) is 3.65. The molecule has 1 aliphatic heterocycles. The highest BCUT2D eigenvalue weighted by molar-refractivity contribution is 7.90. The van der Waals surface area contributed by atoms with Gasteiger partial charge >= 0.3 is 6.18 Å². The van der Waals surface area contributed by atoms with Crippen molar-refractivity contribution >= 4 is 21.4 Å². The lowest BCUT2D eigenvalue weighted by Gasteiger charge is -2.36. The average molecular weight is 508 g/mol. The molecule has 0 radical (unpaired) electrons. The van der Waals surface area contributed by atoms with Crippen molar-refractivity contribution in [3.05, 3.63) is 53.1 Å². The van der Waals surface area contributed by atoms with Crippen molar-refractivity contribution in [2.45, 2.75) is 23.9 Å². The molecule has 2 aromatic rings. The third kappa shape index (κ3) is 5.70. The summed E-state index contributed by atoms with van der Waals surface area (Å²) in [5, 5.41) is 9.37. The standard InChI is InChI=1S/C24H24F3N3O4S/c1-35(32,33)19-5-7-22(34-15-16-2-3-16)20(13-19)23(31)30-10-8-29(9-11-30)21-6-4-18(24(25,26)27)12-17(21)14-28/h4-7,12-13,16H,2-3,8-11,15H2,1H3. The Labute approximate surface area is 201 Å². The van der Waals surface area contributed by atoms with E-state index in [4.69, 9.17) is 4.74 Å². The number of sulfone groups is 1. The highest BCUT2D eigenvalue weighted by Crippen LogP contribution is 2.34. The van der Waals surface area contributed by atoms with Crippen molar-refractivity contribution in [2.24, 2.45) is 5.92 Å². The molecule has 1 saturated carbocycles. The normalized spacial score (nSPS) is 16.7. The second-order valence-corrected chi connectivity index (χ2v) is 10.8. The number of halogens is 3. The van der Waals surface area contributed by atoms with Gasteiger partial charge in [-0.05, 0) is 55.2 Å². The number of benzene rings is 2. The van der Waals surface area contributed by atoms with Crippen LogP contribution in [0.1, 0.15) is 34.3 Å². The fourth-order valence-corrected chi connectivity index (χ4v) is 4.57. The minimum absolute atomic E-state index is 0.0154. The molecular weight excluding hydrogens is 483 g/mol. The lowest BCUT2D eigenvalue weighted by molar-refractivity contribution is -0.137. The number of hydrogen-bond acceptors (Lipinski definition) is 6. The number of nitriles is 1. The Hall–Kier alpha value is -3.26. The Kier molecular flexibility index (Phi) is 6.68. The van der Waals surface area contributed by atoms with E-state index < -0.39 is 21.6 Å². The summed E-state index contributed by atoms with van der Waals surface area (Å²) >= 11 is 0. The molecule has 0 aromatic heterocycles. The van der Waals surface area contributed by atoms with E-state index >= 15 is 0 Å². The maximum absolute atomic E-state index is 13.3. The van der Waals surface area contributed by atoms with Gasteiger partial charge in [-0.15, -0.1) is 0 Å². The summed E-state index contributed by atoms with van der Waals surface area (Å²) < 4.78 is 68.9. The minimum atomic E-state index is -4.55. The van der Waals surface area contributed by atoms with Crippen LogP contribution in [-0.2, 0) is 16.0 Å². The molecule has 7 nitrogen and oxygen atoms in total. The molecule has 35 heavy (non-hydrogen) atoms. The number of rotatable bonds is 6. The van der Waals surface area contributed by atoms with Gasteiger partial charge in [0.1, 0.15) is 11.8 Å². The van der Waals surface area contributed by atoms with Crippen LogP contribution >= 0.6 is 0 Å². The van der Waals surface area contributed by atoms with Gasteiger partial charge in [-0.2, -0.15) is 18.4 Å². The van der Waals surface area contributed by atoms with Gasteiger partial charge < -0.3 is 14.5 Å². The Morgan fingerprint density at radius 2 is 1.80 bits per heavy atom. The van der Waals surface area contributed by atoms with Crippen LogP contribution in [0.4, 0.5) is 18.9 Å². The molecule has 11 heteroatoms. The zero-order valence-electron chi connectivity index (χ0n) is 19.0. The largest absolute Gasteiger partial charge is 0.492 e. The second kappa shape index (κ2) is 9.41. The van der Waals surface area contributed by atoms with E-state index in [1.165, 1.54) is 24.3 Å². The van der Waals surface area contributed by atoms with E-state index in [1.54, 1.807) is 9.80 Å². The Bertz CT molecular complexity index is 1280. The number of piperazine rings is 1. The fourth-order valence-electron chi connectivity index (χ4n) is 3.92. The second-order valence-electron chi connectivity index (χ2n) is 8.81. The number of nitrogens with zero attached hydrogens (tertiary/aromatic N) is 3. The summed E-state index contributed by atoms with van der Waals surface area (Å²) in [4.78, 5) is 16.7. The Morgan fingerprint density at radius 1 is 1.11 bits per heavy atom. The molecule has 0 N–H and O–H groups in total. The highest BCUT2D eigenvalue weighted by Gasteiger charge is 2.32. The van der Waals surface area contributed by atoms with Crippen LogP contribution in [0.25, 0.3) is 0 Å². The molecule has 1 saturated heterocycles. The molecule has 2 aliphatic rings. The van der Waals surface area contributed by atoms with Crippen LogP contribution in [0.15, 0.2) is 41.3 Å². The van der Waals surface area contributed by atoms with Crippen LogP contribution in [0.2, 0.25) is 0 Å². The summed E-state index contributed by atoms with van der Waals surface area (Å²) in [6.45, 7) is 1.55. The number of ether oxygens (including phenoxy) is 1. The van der Waals surface area contributed by atoms with Gasteiger partial charge in [0.05, 0.1) is 33.9 Å². The SMILES string of the molecule is CS(=O)(=O)c1ccc(OCC2CC2)c(C(=O)N2CCN(c3ccc(C(F)(F)F)cc3C#N)CC2)c1. The first-order valence-corrected chi connectivity index (χ1v) is 13.0. The predicted molar refractivity (Wildman–Crippen MR) is 122 cm³/mol. The van der Waals surface area contributed by atoms with Crippen LogP contribution in [-0.4, -0.2) is 58.3 Å². The van der Waals surface area contributed by atoms with Gasteiger partial charge in [0.25, 0.3) is 5.91 Å². The van der Waals surface area contributed by atoms with Crippen LogP contribution in [0.3, 0.4) is 0 Å². The summed E-state index contributed by atoms with van der Waals surface area (Å²) in [5.41, 5.74) is -0.443. The van der Waals surface area contributed by atoms with Gasteiger partial charge in [0.15, 0.2) is 9.84 Å². The Balaban J connectivity index is 1.52. The molecule has 0 spiro atoms. The molecule has 2 aromatic carbocycles. The molecule has 186 valence electrons. The molecule has 1 aliphatic carbocycles. The smallest absolute Gasteiger partial charge is 0.416 e. The van der Waals surface area contributed by atoms with Gasteiger partial charge in [-0.3, -0.25) is 4.79 Å². The molecule has 0 atom stereocenters. The van der Waals surface area contributed by atoms with Crippen molar-refractivity contribution in [1.82, 2.24) is 4.90 Å². The third-order valence-electron chi connectivity index (χ3n) is 6.13. The van der Waals surface area contributed by atoms with E-state index in [-0.39, 0.29) is 35.0 Å². The maximum Gasteiger partial charge on any atom is 0.416 e. The van der Waals surface area contributed by atoms with Gasteiger partial charge in [0, 0.05) is 32.4 Å². The lowest BCUT2D eigenvalue weighted by atomic mass is 10.1. The summed E-state index contributed by atoms with van der Waals surface area (Å²) in [5.74, 6) is 0.384. The van der Waals surface area contributed by atoms with E-state index in [2.05, 4.69) is 0 Å². The van der Waals surface area contributed by atoms with Crippen LogP contribution < -0.4 is 9.64 Å². The van der Waals surface area contributed by atoms with E-state index in [1.807, 2.05) is 6.07 Å². The molecule has 0 unspecified atom stereocenters. The van der Waals surface area contributed by atoms with Gasteiger partial charge in [0.2, 0.25) is 0 Å². The number of carbonyl (C=O) groups is 1. The number of carbonyl (C=O) groups excluding carboxylic acids is 1. The molecule has 0 bridgehead atoms. The van der Waals surface area contributed by atoms with Gasteiger partial charge in [-0.1, -0.05) is 0 Å². The van der Waals surface area contributed by atoms with E-state index in [0.29, 0.717) is 37.1 Å². The van der Waals surface area contributed by atoms with Crippen molar-refractivity contribution in [1.29, 1.82) is 5.26 Å². The number of anilines is 1. The molecule has 1 amide bonds. The molecule has 1 heterocycles. The zero-order valence-corrected chi connectivity index (χ0v) is 19.8. The van der Waals surface area contributed by atoms with Crippen molar-refractivity contribution in [2.75, 3.05) is 43.9 Å². The van der Waals surface area contributed by atoms with Crippen molar-refractivity contribution in [3.8, 4) is 11.8 Å². The first kappa shape index (κ1) is 24.9. The number of alkyl halides is 3. The van der Waals surface area contributed by atoms with Crippen LogP contribution in [0.5, 0.6) is 5.75 Å². The minimum Gasteiger partial charge on any atom is -0.492 e. The van der Waals surface area contributed by atoms with E-state index in [9.17, 15) is 31.6 Å². The monoisotopic (exact) mass is 507 g/mol. The first-order chi connectivity index (χ1) is 16.5. The summed E-state index contributed by atoms with van der Waals surface area (Å²) in [7, 11) is -3.54. The predicted octanol–water partition coefficient (Wildman–Crippen LogP) is 3.73. The fraction of sp³-hybridized carbons (Fsp3) is 0.417. The Morgan fingerprint density at radius 3 is 2.37 bits per heavy atom. The lowest BCUT2D eigenvalue weighted by Crippen LogP contribution is -2.49. The number of hydrogen-bond donors (Lipinski definition) is 0. The summed E-state index contributed by atoms with van der Waals surface area (Å²) in [6, 6.07) is 9.12. The highest BCUT2D eigenvalue weighted by atomic mass is 32.2. The van der Waals surface area contributed by atoms with Gasteiger partial charge in [-0.25, -0.2) is 8.42 Å². The molecule has 4 rings (SSSR count). The van der Waals surface area contributed by atoms with Crippen molar-refractivity contribution < 1.29 is 31.1 Å². The first-order valence-electron chi connectivity index (χ1n) is 11.1. The topological polar surface area (TPSA) is 90.7 Å². The third-order valence-corrected chi connectivity index (χ3v) is 7.24.